The second kappa shape index (κ2) is 6.47. The Morgan fingerprint density at radius 1 is 0.750 bits per heavy atom. The van der Waals surface area contributed by atoms with E-state index in [9.17, 15) is 0 Å². The van der Waals surface area contributed by atoms with E-state index in [2.05, 4.69) is 0 Å². The van der Waals surface area contributed by atoms with E-state index in [1.165, 1.54) is 57.8 Å². The van der Waals surface area contributed by atoms with Gasteiger partial charge in [-0.1, -0.05) is 44.9 Å². The lowest BCUT2D eigenvalue weighted by molar-refractivity contribution is 0.517. The minimum atomic E-state index is 0.833. The van der Waals surface area contributed by atoms with Crippen molar-refractivity contribution in [3.05, 3.63) is 5.92 Å². The fourth-order valence-electron chi connectivity index (χ4n) is 1.96. The molecule has 0 bridgehead atoms. The lowest BCUT2D eigenvalue weighted by atomic mass is 9.92. The summed E-state index contributed by atoms with van der Waals surface area (Å²) >= 11 is 0. The molecular weight excluding hydrogens is 146 g/mol. The number of hydrogen-bond acceptors (Lipinski definition) is 1. The van der Waals surface area contributed by atoms with Crippen LogP contribution in [0.15, 0.2) is 0 Å². The van der Waals surface area contributed by atoms with Crippen molar-refractivity contribution >= 4 is 0 Å². The molecule has 71 valence electrons. The van der Waals surface area contributed by atoms with Gasteiger partial charge in [0.1, 0.15) is 0 Å². The lowest BCUT2D eigenvalue weighted by Gasteiger charge is -2.15. The highest BCUT2D eigenvalue weighted by molar-refractivity contribution is 4.90. The summed E-state index contributed by atoms with van der Waals surface area (Å²) in [6.45, 7) is 0.833. The Balaban J connectivity index is 2.17. The van der Waals surface area contributed by atoms with Crippen LogP contribution in [0.5, 0.6) is 0 Å². The highest BCUT2D eigenvalue weighted by Crippen LogP contribution is 2.21. The SMILES string of the molecule is NC[C]1CCCCCCCCC1. The molecule has 1 nitrogen and oxygen atoms in total. The quantitative estimate of drug-likeness (QED) is 0.640. The summed E-state index contributed by atoms with van der Waals surface area (Å²) < 4.78 is 0. The molecule has 12 heavy (non-hydrogen) atoms. The van der Waals surface area contributed by atoms with Gasteiger partial charge in [-0.25, -0.2) is 0 Å². The van der Waals surface area contributed by atoms with Crippen molar-refractivity contribution in [2.24, 2.45) is 5.73 Å². The molecule has 0 aromatic rings. The van der Waals surface area contributed by atoms with Gasteiger partial charge in [-0.2, -0.15) is 0 Å². The van der Waals surface area contributed by atoms with Crippen molar-refractivity contribution < 1.29 is 0 Å². The average molecular weight is 168 g/mol. The van der Waals surface area contributed by atoms with Gasteiger partial charge in [0, 0.05) is 0 Å². The molecule has 1 saturated carbocycles. The van der Waals surface area contributed by atoms with E-state index in [0.717, 1.165) is 6.54 Å². The molecule has 0 amide bonds. The van der Waals surface area contributed by atoms with Gasteiger partial charge in [-0.05, 0) is 25.3 Å². The van der Waals surface area contributed by atoms with Gasteiger partial charge >= 0.3 is 0 Å². The Morgan fingerprint density at radius 3 is 1.58 bits per heavy atom. The number of rotatable bonds is 1. The second-order valence-corrected chi connectivity index (χ2v) is 3.93. The summed E-state index contributed by atoms with van der Waals surface area (Å²) in [4.78, 5) is 0. The molecule has 0 spiro atoms. The van der Waals surface area contributed by atoms with E-state index in [4.69, 9.17) is 5.73 Å². The van der Waals surface area contributed by atoms with Crippen LogP contribution >= 0.6 is 0 Å². The normalized spacial score (nSPS) is 23.8. The Hall–Kier alpha value is -0.0400. The highest BCUT2D eigenvalue weighted by atomic mass is 14.5. The Kier molecular flexibility index (Phi) is 5.42. The van der Waals surface area contributed by atoms with E-state index >= 15 is 0 Å². The molecule has 1 aliphatic rings. The zero-order chi connectivity index (χ0) is 8.65. The third-order valence-corrected chi connectivity index (χ3v) is 2.85. The maximum Gasteiger partial charge on any atom is -0.00147 e. The second-order valence-electron chi connectivity index (χ2n) is 3.93. The first-order valence-electron chi connectivity index (χ1n) is 5.47. The number of hydrogen-bond donors (Lipinski definition) is 1. The molecule has 0 heterocycles. The summed E-state index contributed by atoms with van der Waals surface area (Å²) in [5.41, 5.74) is 5.68. The van der Waals surface area contributed by atoms with Crippen LogP contribution in [0.25, 0.3) is 0 Å². The maximum absolute atomic E-state index is 5.68. The van der Waals surface area contributed by atoms with E-state index in [-0.39, 0.29) is 0 Å². The van der Waals surface area contributed by atoms with E-state index in [1.54, 1.807) is 5.92 Å². The lowest BCUT2D eigenvalue weighted by Crippen LogP contribution is -2.12. The minimum absolute atomic E-state index is 0.833. The zero-order valence-electron chi connectivity index (χ0n) is 8.15. The van der Waals surface area contributed by atoms with Crippen LogP contribution in [-0.2, 0) is 0 Å². The summed E-state index contributed by atoms with van der Waals surface area (Å²) in [5.74, 6) is 1.61. The van der Waals surface area contributed by atoms with Crippen LogP contribution in [0.1, 0.15) is 57.8 Å². The van der Waals surface area contributed by atoms with Crippen LogP contribution in [0.3, 0.4) is 0 Å². The van der Waals surface area contributed by atoms with Gasteiger partial charge in [0.25, 0.3) is 0 Å². The molecule has 0 saturated heterocycles. The molecule has 1 heteroatoms. The highest BCUT2D eigenvalue weighted by Gasteiger charge is 2.07. The molecule has 1 fully saturated rings. The molecule has 0 aromatic carbocycles. The predicted octanol–water partition coefficient (Wildman–Crippen LogP) is 3.04. The third kappa shape index (κ3) is 4.10. The van der Waals surface area contributed by atoms with Crippen molar-refractivity contribution in [2.45, 2.75) is 57.8 Å². The van der Waals surface area contributed by atoms with Crippen molar-refractivity contribution in [3.63, 3.8) is 0 Å². The molecule has 2 N–H and O–H groups in total. The van der Waals surface area contributed by atoms with Gasteiger partial charge < -0.3 is 5.73 Å². The zero-order valence-corrected chi connectivity index (χ0v) is 8.15. The van der Waals surface area contributed by atoms with Crippen LogP contribution in [0.4, 0.5) is 0 Å². The van der Waals surface area contributed by atoms with Gasteiger partial charge in [-0.3, -0.25) is 0 Å². The van der Waals surface area contributed by atoms with Gasteiger partial charge in [-0.15, -0.1) is 0 Å². The fourth-order valence-corrected chi connectivity index (χ4v) is 1.96. The van der Waals surface area contributed by atoms with Crippen molar-refractivity contribution in [2.75, 3.05) is 6.54 Å². The smallest absolute Gasteiger partial charge is 0.00147 e. The van der Waals surface area contributed by atoms with Crippen LogP contribution < -0.4 is 5.73 Å². The van der Waals surface area contributed by atoms with Crippen LogP contribution in [0, 0.1) is 5.92 Å². The average Bonchev–Trinajstić information content (AvgIpc) is 2.14. The molecule has 1 radical (unpaired) electrons. The number of nitrogens with two attached hydrogens (primary N) is 1. The molecule has 0 atom stereocenters. The van der Waals surface area contributed by atoms with Crippen molar-refractivity contribution in [1.29, 1.82) is 0 Å². The molecule has 0 aliphatic heterocycles. The van der Waals surface area contributed by atoms with Crippen LogP contribution in [0.2, 0.25) is 0 Å². The van der Waals surface area contributed by atoms with Gasteiger partial charge in [0.15, 0.2) is 0 Å². The van der Waals surface area contributed by atoms with Gasteiger partial charge in [0.2, 0.25) is 0 Å². The summed E-state index contributed by atoms with van der Waals surface area (Å²) in [5, 5.41) is 0. The van der Waals surface area contributed by atoms with E-state index < -0.39 is 0 Å². The Bertz CT molecular complexity index is 91.2. The molecular formula is C11H22N. The first kappa shape index (κ1) is 10.0. The largest absolute Gasteiger partial charge is 0.330 e. The van der Waals surface area contributed by atoms with Gasteiger partial charge in [0.05, 0.1) is 0 Å². The summed E-state index contributed by atoms with van der Waals surface area (Å²) in [6, 6.07) is 0. The first-order chi connectivity index (χ1) is 5.93. The van der Waals surface area contributed by atoms with Crippen molar-refractivity contribution in [3.8, 4) is 0 Å². The van der Waals surface area contributed by atoms with E-state index in [1.807, 2.05) is 0 Å². The summed E-state index contributed by atoms with van der Waals surface area (Å²) in [6.07, 6.45) is 12.5. The Labute approximate surface area is 76.7 Å². The van der Waals surface area contributed by atoms with E-state index in [0.29, 0.717) is 0 Å². The third-order valence-electron chi connectivity index (χ3n) is 2.85. The summed E-state index contributed by atoms with van der Waals surface area (Å²) in [7, 11) is 0. The van der Waals surface area contributed by atoms with Crippen LogP contribution in [-0.4, -0.2) is 6.54 Å². The Morgan fingerprint density at radius 2 is 1.17 bits per heavy atom. The molecule has 0 aromatic heterocycles. The molecule has 0 unspecified atom stereocenters. The minimum Gasteiger partial charge on any atom is -0.330 e. The monoisotopic (exact) mass is 168 g/mol. The van der Waals surface area contributed by atoms with Crippen molar-refractivity contribution in [1.82, 2.24) is 0 Å². The first-order valence-corrected chi connectivity index (χ1v) is 5.47. The molecule has 1 rings (SSSR count). The molecule has 1 aliphatic carbocycles. The fraction of sp³-hybridized carbons (Fsp3) is 0.909. The predicted molar refractivity (Wildman–Crippen MR) is 53.9 cm³/mol. The maximum atomic E-state index is 5.68. The standard InChI is InChI=1S/C11H22N/c12-10-11-8-6-4-2-1-3-5-7-9-11/h1-10,12H2. The topological polar surface area (TPSA) is 26.0 Å².